The topological polar surface area (TPSA) is 76.1 Å². The van der Waals surface area contributed by atoms with E-state index in [-0.39, 0.29) is 17.2 Å². The van der Waals surface area contributed by atoms with Gasteiger partial charge in [0.2, 0.25) is 0 Å². The number of carbonyl (C=O) groups is 2. The molecule has 0 saturated carbocycles. The minimum atomic E-state index is -0.616. The molecule has 0 spiro atoms. The van der Waals surface area contributed by atoms with Crippen LogP contribution in [0.3, 0.4) is 0 Å². The molecule has 1 N–H and O–H groups in total. The van der Waals surface area contributed by atoms with Crippen molar-refractivity contribution < 1.29 is 24.3 Å². The number of hydroxylamine groups is 2. The second-order valence-electron chi connectivity index (χ2n) is 8.76. The summed E-state index contributed by atoms with van der Waals surface area (Å²) in [6, 6.07) is 13.5. The molecule has 0 aliphatic carbocycles. The van der Waals surface area contributed by atoms with Crippen LogP contribution in [0, 0.1) is 3.57 Å². The summed E-state index contributed by atoms with van der Waals surface area (Å²) in [6.07, 6.45) is 0.577. The zero-order valence-corrected chi connectivity index (χ0v) is 19.7. The maximum absolute atomic E-state index is 12.9. The molecule has 0 atom stereocenters. The van der Waals surface area contributed by atoms with Crippen LogP contribution >= 0.6 is 22.6 Å². The fraction of sp³-hybridized carbons (Fsp3) is 0.391. The van der Waals surface area contributed by atoms with Crippen molar-refractivity contribution in [3.63, 3.8) is 0 Å². The molecule has 1 heterocycles. The number of rotatable bonds is 4. The van der Waals surface area contributed by atoms with Crippen molar-refractivity contribution in [2.75, 3.05) is 0 Å². The average Bonchev–Trinajstić information content (AvgIpc) is 2.67. The number of piperidine rings is 1. The van der Waals surface area contributed by atoms with Crippen molar-refractivity contribution >= 4 is 34.5 Å². The number of carbonyl (C=O) groups excluding carboxylic acids is 2. The van der Waals surface area contributed by atoms with Gasteiger partial charge >= 0.3 is 11.9 Å². The third kappa shape index (κ3) is 5.01. The second-order valence-corrected chi connectivity index (χ2v) is 10.0. The molecular formula is C23H26INO5. The van der Waals surface area contributed by atoms with Crippen LogP contribution in [0.2, 0.25) is 0 Å². The summed E-state index contributed by atoms with van der Waals surface area (Å²) < 4.78 is 12.2. The number of halogens is 1. The van der Waals surface area contributed by atoms with Crippen LogP contribution in [0.15, 0.2) is 48.5 Å². The van der Waals surface area contributed by atoms with Gasteiger partial charge in [0.1, 0.15) is 11.9 Å². The summed E-state index contributed by atoms with van der Waals surface area (Å²) in [4.78, 5) is 25.6. The Morgan fingerprint density at radius 1 is 0.933 bits per heavy atom. The van der Waals surface area contributed by atoms with Gasteiger partial charge in [-0.3, -0.25) is 0 Å². The lowest BCUT2D eigenvalue weighted by atomic mass is 9.80. The molecule has 160 valence electrons. The van der Waals surface area contributed by atoms with Gasteiger partial charge in [-0.2, -0.15) is 5.06 Å². The van der Waals surface area contributed by atoms with Crippen molar-refractivity contribution in [2.45, 2.75) is 57.7 Å². The molecular weight excluding hydrogens is 497 g/mol. The van der Waals surface area contributed by atoms with Crippen LogP contribution in [0.1, 0.15) is 61.3 Å². The minimum absolute atomic E-state index is 0.152. The molecule has 2 aromatic carbocycles. The van der Waals surface area contributed by atoms with E-state index in [9.17, 15) is 14.8 Å². The van der Waals surface area contributed by atoms with Crippen LogP contribution < -0.4 is 4.74 Å². The molecule has 0 aromatic heterocycles. The predicted octanol–water partition coefficient (Wildman–Crippen LogP) is 5.08. The molecule has 0 radical (unpaired) electrons. The molecule has 0 unspecified atom stereocenters. The summed E-state index contributed by atoms with van der Waals surface area (Å²) in [5.74, 6) is -0.787. The zero-order chi connectivity index (χ0) is 22.1. The fourth-order valence-electron chi connectivity index (χ4n) is 3.98. The maximum atomic E-state index is 12.9. The number of hydrogen-bond donors (Lipinski definition) is 1. The molecule has 0 amide bonds. The number of esters is 2. The molecule has 0 bridgehead atoms. The van der Waals surface area contributed by atoms with Crippen LogP contribution in [-0.4, -0.2) is 39.4 Å². The lowest BCUT2D eigenvalue weighted by molar-refractivity contribution is -0.256. The first-order valence-corrected chi connectivity index (χ1v) is 10.8. The van der Waals surface area contributed by atoms with Crippen molar-refractivity contribution in [2.24, 2.45) is 0 Å². The van der Waals surface area contributed by atoms with E-state index < -0.39 is 23.0 Å². The van der Waals surface area contributed by atoms with Gasteiger partial charge in [-0.15, -0.1) is 0 Å². The normalized spacial score (nSPS) is 18.6. The monoisotopic (exact) mass is 523 g/mol. The first kappa shape index (κ1) is 22.7. The van der Waals surface area contributed by atoms with Crippen molar-refractivity contribution in [1.82, 2.24) is 5.06 Å². The third-order valence-electron chi connectivity index (χ3n) is 5.27. The Kier molecular flexibility index (Phi) is 6.54. The van der Waals surface area contributed by atoms with Gasteiger partial charge in [-0.05, 0) is 86.7 Å². The van der Waals surface area contributed by atoms with E-state index in [2.05, 4.69) is 22.6 Å². The van der Waals surface area contributed by atoms with Crippen molar-refractivity contribution in [3.05, 3.63) is 63.2 Å². The number of ether oxygens (including phenoxy) is 2. The molecule has 1 fully saturated rings. The lowest BCUT2D eigenvalue weighted by Gasteiger charge is -2.50. The van der Waals surface area contributed by atoms with E-state index in [0.717, 1.165) is 3.57 Å². The minimum Gasteiger partial charge on any atom is -0.459 e. The summed E-state index contributed by atoms with van der Waals surface area (Å²) in [5.41, 5.74) is -0.777. The standard InChI is InChI=1S/C23H26INO5/c1-22(2)13-17(14-23(3,4)25(22)28)30-21(27)19-8-6-5-7-18(19)20(26)29-16-11-9-15(24)10-12-16/h5-12,17,28H,13-14H2,1-4H3. The molecule has 3 rings (SSSR count). The van der Waals surface area contributed by atoms with E-state index in [1.54, 1.807) is 36.4 Å². The highest BCUT2D eigenvalue weighted by molar-refractivity contribution is 14.1. The first-order valence-electron chi connectivity index (χ1n) is 9.76. The van der Waals surface area contributed by atoms with Gasteiger partial charge in [0.25, 0.3) is 0 Å². The molecule has 7 heteroatoms. The summed E-state index contributed by atoms with van der Waals surface area (Å²) in [5, 5.41) is 11.8. The van der Waals surface area contributed by atoms with E-state index in [1.165, 1.54) is 5.06 Å². The Morgan fingerprint density at radius 3 is 1.97 bits per heavy atom. The average molecular weight is 523 g/mol. The highest BCUT2D eigenvalue weighted by atomic mass is 127. The molecule has 1 aliphatic heterocycles. The summed E-state index contributed by atoms with van der Waals surface area (Å²) in [6.45, 7) is 7.62. The van der Waals surface area contributed by atoms with E-state index in [1.807, 2.05) is 39.8 Å². The van der Waals surface area contributed by atoms with E-state index >= 15 is 0 Å². The smallest absolute Gasteiger partial charge is 0.344 e. The number of hydrogen-bond acceptors (Lipinski definition) is 6. The second kappa shape index (κ2) is 8.64. The summed E-state index contributed by atoms with van der Waals surface area (Å²) >= 11 is 2.17. The Morgan fingerprint density at radius 2 is 1.43 bits per heavy atom. The van der Waals surface area contributed by atoms with Gasteiger partial charge in [-0.1, -0.05) is 12.1 Å². The van der Waals surface area contributed by atoms with Gasteiger partial charge in [0, 0.05) is 27.5 Å². The molecule has 1 saturated heterocycles. The maximum Gasteiger partial charge on any atom is 0.344 e. The Hall–Kier alpha value is -1.97. The number of nitrogens with zero attached hydrogens (tertiary/aromatic N) is 1. The SMILES string of the molecule is CC1(C)CC(OC(=O)c2ccccc2C(=O)Oc2ccc(I)cc2)CC(C)(C)N1O. The predicted molar refractivity (Wildman–Crippen MR) is 121 cm³/mol. The van der Waals surface area contributed by atoms with Gasteiger partial charge < -0.3 is 14.7 Å². The van der Waals surface area contributed by atoms with Gasteiger partial charge in [0.15, 0.2) is 0 Å². The van der Waals surface area contributed by atoms with Gasteiger partial charge in [-0.25, -0.2) is 9.59 Å². The van der Waals surface area contributed by atoms with Crippen molar-refractivity contribution in [3.8, 4) is 5.75 Å². The Balaban J connectivity index is 1.77. The highest BCUT2D eigenvalue weighted by Gasteiger charge is 2.46. The Labute approximate surface area is 190 Å². The Bertz CT molecular complexity index is 921. The van der Waals surface area contributed by atoms with Crippen molar-refractivity contribution in [1.29, 1.82) is 0 Å². The van der Waals surface area contributed by atoms with Crippen LogP contribution in [0.4, 0.5) is 0 Å². The summed E-state index contributed by atoms with van der Waals surface area (Å²) in [7, 11) is 0. The van der Waals surface area contributed by atoms with Gasteiger partial charge in [0.05, 0.1) is 11.1 Å². The molecule has 1 aliphatic rings. The van der Waals surface area contributed by atoms with Crippen LogP contribution in [-0.2, 0) is 4.74 Å². The fourth-order valence-corrected chi connectivity index (χ4v) is 4.34. The highest BCUT2D eigenvalue weighted by Crippen LogP contribution is 2.38. The van der Waals surface area contributed by atoms with E-state index in [0.29, 0.717) is 18.6 Å². The molecule has 30 heavy (non-hydrogen) atoms. The third-order valence-corrected chi connectivity index (χ3v) is 5.99. The lowest BCUT2D eigenvalue weighted by Crippen LogP contribution is -2.60. The van der Waals surface area contributed by atoms with Crippen LogP contribution in [0.5, 0.6) is 5.75 Å². The first-order chi connectivity index (χ1) is 14.0. The quantitative estimate of drug-likeness (QED) is 0.343. The largest absolute Gasteiger partial charge is 0.459 e. The van der Waals surface area contributed by atoms with E-state index in [4.69, 9.17) is 9.47 Å². The molecule has 6 nitrogen and oxygen atoms in total. The van der Waals surface area contributed by atoms with Crippen LogP contribution in [0.25, 0.3) is 0 Å². The number of benzene rings is 2. The molecule has 2 aromatic rings. The zero-order valence-electron chi connectivity index (χ0n) is 17.5.